The van der Waals surface area contributed by atoms with Crippen molar-refractivity contribution < 1.29 is 28.9 Å². The van der Waals surface area contributed by atoms with Gasteiger partial charge in [-0.25, -0.2) is 0 Å². The summed E-state index contributed by atoms with van der Waals surface area (Å²) < 4.78 is 16.6. The lowest BCUT2D eigenvalue weighted by molar-refractivity contribution is -0.131. The van der Waals surface area contributed by atoms with E-state index in [1.807, 2.05) is 0 Å². The number of carbonyl (C=O) groups excluding carboxylic acids is 2. The van der Waals surface area contributed by atoms with Crippen LogP contribution in [-0.2, 0) is 9.53 Å². The van der Waals surface area contributed by atoms with E-state index in [1.54, 1.807) is 35.7 Å². The standard InChI is InChI=1S/C21H19NO6S/c23-19(16-4-2-8-29-16)17-18(12-5-6-14-15(9-12)28-11-27-14)22(21(25)20(17)24)10-13-3-1-7-26-13/h2,4-6,8-9,13,18,24H,1,3,7,10-11H2/t13-,18+/m0/s1. The molecule has 0 radical (unpaired) electrons. The third-order valence-electron chi connectivity index (χ3n) is 5.43. The molecule has 4 heterocycles. The van der Waals surface area contributed by atoms with E-state index in [1.165, 1.54) is 16.2 Å². The van der Waals surface area contributed by atoms with Crippen LogP contribution < -0.4 is 9.47 Å². The highest BCUT2D eigenvalue weighted by molar-refractivity contribution is 7.12. The van der Waals surface area contributed by atoms with Gasteiger partial charge < -0.3 is 24.2 Å². The Labute approximate surface area is 171 Å². The van der Waals surface area contributed by atoms with Gasteiger partial charge in [0.2, 0.25) is 12.6 Å². The molecule has 7 nitrogen and oxygen atoms in total. The van der Waals surface area contributed by atoms with Gasteiger partial charge in [-0.2, -0.15) is 0 Å². The van der Waals surface area contributed by atoms with Crippen molar-refractivity contribution in [2.75, 3.05) is 19.9 Å². The molecular formula is C21H19NO6S. The molecule has 2 atom stereocenters. The Morgan fingerprint density at radius 2 is 2.10 bits per heavy atom. The van der Waals surface area contributed by atoms with Crippen LogP contribution in [0.3, 0.4) is 0 Å². The van der Waals surface area contributed by atoms with E-state index in [2.05, 4.69) is 0 Å². The number of amides is 1. The zero-order valence-electron chi connectivity index (χ0n) is 15.5. The summed E-state index contributed by atoms with van der Waals surface area (Å²) in [6.45, 7) is 1.09. The second-order valence-electron chi connectivity index (χ2n) is 7.18. The molecule has 0 saturated carbocycles. The summed E-state index contributed by atoms with van der Waals surface area (Å²) >= 11 is 1.28. The van der Waals surface area contributed by atoms with Crippen LogP contribution in [-0.4, -0.2) is 47.7 Å². The molecule has 0 unspecified atom stereocenters. The molecule has 0 spiro atoms. The molecule has 3 aliphatic heterocycles. The minimum Gasteiger partial charge on any atom is -0.503 e. The first-order chi connectivity index (χ1) is 14.1. The Morgan fingerprint density at radius 1 is 1.24 bits per heavy atom. The normalized spacial score (nSPS) is 23.3. The van der Waals surface area contributed by atoms with Gasteiger partial charge in [0, 0.05) is 13.2 Å². The lowest BCUT2D eigenvalue weighted by Gasteiger charge is -2.29. The molecule has 0 bridgehead atoms. The molecule has 5 rings (SSSR count). The second kappa shape index (κ2) is 7.20. The van der Waals surface area contributed by atoms with Gasteiger partial charge in [0.15, 0.2) is 17.3 Å². The minimum atomic E-state index is -0.712. The molecule has 1 N–H and O–H groups in total. The van der Waals surface area contributed by atoms with E-state index in [0.29, 0.717) is 35.1 Å². The number of aliphatic hydroxyl groups is 1. The molecule has 1 saturated heterocycles. The highest BCUT2D eigenvalue weighted by Crippen LogP contribution is 2.43. The van der Waals surface area contributed by atoms with Crippen LogP contribution in [0.4, 0.5) is 0 Å². The Balaban J connectivity index is 1.57. The summed E-state index contributed by atoms with van der Waals surface area (Å²) in [5, 5.41) is 12.5. The van der Waals surface area contributed by atoms with Crippen LogP contribution in [0, 0.1) is 0 Å². The van der Waals surface area contributed by atoms with Gasteiger partial charge in [0.25, 0.3) is 5.91 Å². The number of Topliss-reactive ketones (excluding diaryl/α,β-unsaturated/α-hetero) is 1. The van der Waals surface area contributed by atoms with Gasteiger partial charge in [-0.05, 0) is 42.0 Å². The molecule has 1 aromatic heterocycles. The van der Waals surface area contributed by atoms with E-state index < -0.39 is 17.7 Å². The number of ether oxygens (including phenoxy) is 3. The van der Waals surface area contributed by atoms with Gasteiger partial charge in [-0.15, -0.1) is 11.3 Å². The number of thiophene rings is 1. The summed E-state index contributed by atoms with van der Waals surface area (Å²) in [7, 11) is 0. The van der Waals surface area contributed by atoms with E-state index in [0.717, 1.165) is 12.8 Å². The van der Waals surface area contributed by atoms with Gasteiger partial charge >= 0.3 is 0 Å². The van der Waals surface area contributed by atoms with Crippen molar-refractivity contribution in [3.63, 3.8) is 0 Å². The van der Waals surface area contributed by atoms with E-state index in [4.69, 9.17) is 14.2 Å². The Morgan fingerprint density at radius 3 is 2.86 bits per heavy atom. The van der Waals surface area contributed by atoms with E-state index in [9.17, 15) is 14.7 Å². The largest absolute Gasteiger partial charge is 0.503 e. The highest BCUT2D eigenvalue weighted by atomic mass is 32.1. The number of nitrogens with zero attached hydrogens (tertiary/aromatic N) is 1. The number of hydrogen-bond donors (Lipinski definition) is 1. The van der Waals surface area contributed by atoms with Crippen molar-refractivity contribution >= 4 is 23.0 Å². The van der Waals surface area contributed by atoms with Crippen LogP contribution in [0.25, 0.3) is 0 Å². The number of benzene rings is 1. The van der Waals surface area contributed by atoms with Crippen molar-refractivity contribution in [3.8, 4) is 11.5 Å². The fourth-order valence-electron chi connectivity index (χ4n) is 4.05. The van der Waals surface area contributed by atoms with Crippen molar-refractivity contribution in [2.45, 2.75) is 25.0 Å². The number of rotatable bonds is 5. The molecular weight excluding hydrogens is 394 g/mol. The maximum Gasteiger partial charge on any atom is 0.290 e. The van der Waals surface area contributed by atoms with Crippen LogP contribution >= 0.6 is 11.3 Å². The summed E-state index contributed by atoms with van der Waals surface area (Å²) in [5.74, 6) is -0.222. The van der Waals surface area contributed by atoms with E-state index >= 15 is 0 Å². The number of carbonyl (C=O) groups is 2. The van der Waals surface area contributed by atoms with E-state index in [-0.39, 0.29) is 24.3 Å². The molecule has 29 heavy (non-hydrogen) atoms. The summed E-state index contributed by atoms with van der Waals surface area (Å²) in [6, 6.07) is 8.08. The van der Waals surface area contributed by atoms with Crippen molar-refractivity contribution in [1.29, 1.82) is 0 Å². The van der Waals surface area contributed by atoms with Crippen LogP contribution in [0.15, 0.2) is 47.0 Å². The van der Waals surface area contributed by atoms with Crippen LogP contribution in [0.2, 0.25) is 0 Å². The van der Waals surface area contributed by atoms with Crippen LogP contribution in [0.5, 0.6) is 11.5 Å². The molecule has 0 aliphatic carbocycles. The first-order valence-electron chi connectivity index (χ1n) is 9.47. The number of ketones is 1. The quantitative estimate of drug-likeness (QED) is 0.758. The third-order valence-corrected chi connectivity index (χ3v) is 6.30. The van der Waals surface area contributed by atoms with Crippen molar-refractivity contribution in [2.24, 2.45) is 0 Å². The topological polar surface area (TPSA) is 85.3 Å². The molecule has 150 valence electrons. The Hall–Kier alpha value is -2.84. The van der Waals surface area contributed by atoms with Gasteiger partial charge in [0.05, 0.1) is 22.6 Å². The maximum absolute atomic E-state index is 13.2. The first-order valence-corrected chi connectivity index (χ1v) is 10.3. The number of fused-ring (bicyclic) bond motifs is 1. The first kappa shape index (κ1) is 18.2. The second-order valence-corrected chi connectivity index (χ2v) is 8.12. The lowest BCUT2D eigenvalue weighted by Crippen LogP contribution is -2.37. The average Bonchev–Trinajstić information content (AvgIpc) is 3.51. The smallest absolute Gasteiger partial charge is 0.290 e. The number of hydrogen-bond acceptors (Lipinski definition) is 7. The third kappa shape index (κ3) is 3.08. The fraction of sp³-hybridized carbons (Fsp3) is 0.333. The molecule has 1 amide bonds. The molecule has 2 aromatic rings. The lowest BCUT2D eigenvalue weighted by atomic mass is 9.95. The maximum atomic E-state index is 13.2. The number of aliphatic hydroxyl groups excluding tert-OH is 1. The predicted octanol–water partition coefficient (Wildman–Crippen LogP) is 3.23. The minimum absolute atomic E-state index is 0.0920. The van der Waals surface area contributed by atoms with Crippen molar-refractivity contribution in [3.05, 3.63) is 57.5 Å². The molecule has 1 fully saturated rings. The van der Waals surface area contributed by atoms with Crippen LogP contribution in [0.1, 0.15) is 34.1 Å². The molecule has 1 aromatic carbocycles. The summed E-state index contributed by atoms with van der Waals surface area (Å²) in [5.41, 5.74) is 0.777. The summed E-state index contributed by atoms with van der Waals surface area (Å²) in [6.07, 6.45) is 1.66. The highest BCUT2D eigenvalue weighted by Gasteiger charge is 2.45. The summed E-state index contributed by atoms with van der Waals surface area (Å²) in [4.78, 5) is 28.2. The SMILES string of the molecule is O=C(C1=C(O)C(=O)N(C[C@@H]2CCCO2)[C@@H]1c1ccc2c(c1)OCO2)c1cccs1. The fourth-order valence-corrected chi connectivity index (χ4v) is 4.73. The zero-order chi connectivity index (χ0) is 20.0. The van der Waals surface area contributed by atoms with Gasteiger partial charge in [0.1, 0.15) is 0 Å². The predicted molar refractivity (Wildman–Crippen MR) is 104 cm³/mol. The molecule has 3 aliphatic rings. The Bertz CT molecular complexity index is 993. The Kier molecular flexibility index (Phi) is 4.52. The van der Waals surface area contributed by atoms with Gasteiger partial charge in [-0.1, -0.05) is 12.1 Å². The van der Waals surface area contributed by atoms with Gasteiger partial charge in [-0.3, -0.25) is 9.59 Å². The zero-order valence-corrected chi connectivity index (χ0v) is 16.3. The average molecular weight is 413 g/mol. The monoisotopic (exact) mass is 413 g/mol. The molecule has 8 heteroatoms. The van der Waals surface area contributed by atoms with Crippen molar-refractivity contribution in [1.82, 2.24) is 4.90 Å².